The predicted molar refractivity (Wildman–Crippen MR) is 181 cm³/mol. The van der Waals surface area contributed by atoms with E-state index in [1.165, 1.54) is 14.2 Å². The molecule has 266 valence electrons. The highest BCUT2D eigenvalue weighted by Gasteiger charge is 2.43. The molecule has 1 fully saturated rings. The van der Waals surface area contributed by atoms with Crippen LogP contribution in [0.4, 0.5) is 4.79 Å². The second-order valence-electron chi connectivity index (χ2n) is 11.9. The number of cyclic esters (lactones) is 1. The lowest BCUT2D eigenvalue weighted by atomic mass is 9.81. The smallest absolute Gasteiger partial charge is 0.315 e. The molecule has 0 saturated carbocycles. The van der Waals surface area contributed by atoms with Crippen LogP contribution in [-0.4, -0.2) is 97.1 Å². The molecule has 8 N–H and O–H groups in total. The van der Waals surface area contributed by atoms with Crippen molar-refractivity contribution < 1.29 is 38.4 Å². The number of unbranched alkanes of at least 4 members (excludes halogenated alkanes) is 1. The van der Waals surface area contributed by atoms with Gasteiger partial charge in [-0.15, -0.1) is 0 Å². The Morgan fingerprint density at radius 3 is 2.21 bits per heavy atom. The van der Waals surface area contributed by atoms with Gasteiger partial charge in [-0.2, -0.15) is 0 Å². The van der Waals surface area contributed by atoms with Gasteiger partial charge in [0.25, 0.3) is 0 Å². The first-order valence-corrected chi connectivity index (χ1v) is 16.8. The molecule has 2 amide bonds. The zero-order valence-electron chi connectivity index (χ0n) is 28.1. The molecule has 14 nitrogen and oxygen atoms in total. The van der Waals surface area contributed by atoms with Gasteiger partial charge in [-0.25, -0.2) is 4.79 Å². The largest absolute Gasteiger partial charge is 0.502 e. The van der Waals surface area contributed by atoms with Gasteiger partial charge in [0.1, 0.15) is 0 Å². The maximum atomic E-state index is 13.2. The van der Waals surface area contributed by atoms with Gasteiger partial charge in [0, 0.05) is 19.0 Å². The number of urea groups is 1. The fourth-order valence-corrected chi connectivity index (χ4v) is 5.90. The normalized spacial score (nSPS) is 17.2. The van der Waals surface area contributed by atoms with Crippen LogP contribution < -0.4 is 51.3 Å². The molecule has 2 heterocycles. The Kier molecular flexibility index (Phi) is 15.2. The number of esters is 1. The van der Waals surface area contributed by atoms with Crippen LogP contribution in [0.1, 0.15) is 42.9 Å². The van der Waals surface area contributed by atoms with E-state index in [0.717, 1.165) is 76.1 Å². The Balaban J connectivity index is 1.28. The third kappa shape index (κ3) is 10.8. The molecule has 48 heavy (non-hydrogen) atoms. The molecule has 1 saturated heterocycles. The maximum Gasteiger partial charge on any atom is 0.315 e. The third-order valence-corrected chi connectivity index (χ3v) is 8.51. The van der Waals surface area contributed by atoms with Gasteiger partial charge < -0.3 is 61.1 Å². The number of aromatic hydroxyl groups is 1. The highest BCUT2D eigenvalue weighted by molar-refractivity contribution is 5.77. The SMILES string of the molecule is COc1cc(CC2C(=O)OCC2C(NC(=O)NCCNCCCNCCCCNCCCN)c2ccc3c(c2)OCO3)cc(OC)c1O. The Labute approximate surface area is 282 Å². The van der Waals surface area contributed by atoms with E-state index in [4.69, 9.17) is 29.4 Å². The van der Waals surface area contributed by atoms with E-state index in [0.29, 0.717) is 24.6 Å². The van der Waals surface area contributed by atoms with Crippen LogP contribution in [0, 0.1) is 11.8 Å². The number of phenols is 1. The molecule has 0 bridgehead atoms. The highest BCUT2D eigenvalue weighted by Crippen LogP contribution is 2.42. The summed E-state index contributed by atoms with van der Waals surface area (Å²) in [5.74, 6) is 0.191. The van der Waals surface area contributed by atoms with E-state index in [2.05, 4.69) is 26.6 Å². The third-order valence-electron chi connectivity index (χ3n) is 8.51. The number of ether oxygens (including phenoxy) is 5. The summed E-state index contributed by atoms with van der Waals surface area (Å²) >= 11 is 0. The fourth-order valence-electron chi connectivity index (χ4n) is 5.90. The molecule has 0 spiro atoms. The van der Waals surface area contributed by atoms with Gasteiger partial charge >= 0.3 is 12.0 Å². The standard InChI is InChI=1S/C34H52N6O8/c1-44-29-18-23(19-30(45-2)32(29)41)17-25-26(21-46-33(25)42)31(24-7-8-27-28(20-24)48-22-47-27)40-34(43)39-16-15-38-14-6-13-37-11-4-3-10-36-12-5-9-35/h7-8,18-20,25-26,31,36-38,41H,3-6,9-17,21-22,35H2,1-2H3,(H2,39,40,43). The molecule has 3 atom stereocenters. The molecular weight excluding hydrogens is 620 g/mol. The van der Waals surface area contributed by atoms with Crippen molar-refractivity contribution in [2.75, 3.05) is 80.0 Å². The predicted octanol–water partition coefficient (Wildman–Crippen LogP) is 1.80. The first-order valence-electron chi connectivity index (χ1n) is 16.8. The molecule has 2 aliphatic rings. The van der Waals surface area contributed by atoms with Crippen molar-refractivity contribution >= 4 is 12.0 Å². The Morgan fingerprint density at radius 1 is 0.875 bits per heavy atom. The van der Waals surface area contributed by atoms with E-state index in [-0.39, 0.29) is 49.1 Å². The van der Waals surface area contributed by atoms with Crippen molar-refractivity contribution in [2.24, 2.45) is 17.6 Å². The summed E-state index contributed by atoms with van der Waals surface area (Å²) in [6.07, 6.45) is 4.57. The average Bonchev–Trinajstić information content (AvgIpc) is 3.71. The number of nitrogens with two attached hydrogens (primary N) is 1. The monoisotopic (exact) mass is 672 g/mol. The summed E-state index contributed by atoms with van der Waals surface area (Å²) < 4.78 is 27.3. The number of amides is 2. The van der Waals surface area contributed by atoms with Crippen LogP contribution >= 0.6 is 0 Å². The van der Waals surface area contributed by atoms with Crippen molar-refractivity contribution in [3.8, 4) is 28.7 Å². The second-order valence-corrected chi connectivity index (χ2v) is 11.9. The van der Waals surface area contributed by atoms with Gasteiger partial charge in [-0.1, -0.05) is 6.07 Å². The Morgan fingerprint density at radius 2 is 1.52 bits per heavy atom. The first kappa shape index (κ1) is 36.8. The number of nitrogens with one attached hydrogen (secondary N) is 5. The minimum absolute atomic E-state index is 0.117. The molecule has 2 aliphatic heterocycles. The molecule has 2 aromatic carbocycles. The summed E-state index contributed by atoms with van der Waals surface area (Å²) in [4.78, 5) is 26.3. The van der Waals surface area contributed by atoms with Crippen molar-refractivity contribution in [2.45, 2.75) is 38.1 Å². The van der Waals surface area contributed by atoms with Gasteiger partial charge in [-0.05, 0) is 107 Å². The van der Waals surface area contributed by atoms with E-state index in [1.807, 2.05) is 12.1 Å². The van der Waals surface area contributed by atoms with Gasteiger partial charge in [-0.3, -0.25) is 4.79 Å². The van der Waals surface area contributed by atoms with Crippen LogP contribution in [0.5, 0.6) is 28.7 Å². The van der Waals surface area contributed by atoms with E-state index in [9.17, 15) is 14.7 Å². The second kappa shape index (κ2) is 19.7. The Hall–Kier alpha value is -3.98. The van der Waals surface area contributed by atoms with Crippen molar-refractivity contribution in [3.05, 3.63) is 41.5 Å². The van der Waals surface area contributed by atoms with Crippen LogP contribution in [0.2, 0.25) is 0 Å². The lowest BCUT2D eigenvalue weighted by molar-refractivity contribution is -0.141. The van der Waals surface area contributed by atoms with Crippen LogP contribution in [0.25, 0.3) is 0 Å². The topological polar surface area (TPSA) is 187 Å². The molecule has 0 radical (unpaired) electrons. The molecule has 0 aliphatic carbocycles. The summed E-state index contributed by atoms with van der Waals surface area (Å²) in [7, 11) is 2.90. The van der Waals surface area contributed by atoms with Crippen molar-refractivity contribution in [1.82, 2.24) is 26.6 Å². The number of hydrogen-bond donors (Lipinski definition) is 7. The number of fused-ring (bicyclic) bond motifs is 1. The maximum absolute atomic E-state index is 13.2. The molecule has 3 unspecified atom stereocenters. The number of rotatable bonds is 22. The van der Waals surface area contributed by atoms with Crippen LogP contribution in [-0.2, 0) is 16.0 Å². The van der Waals surface area contributed by atoms with E-state index >= 15 is 0 Å². The first-order chi connectivity index (χ1) is 23.4. The van der Waals surface area contributed by atoms with Crippen LogP contribution in [0.3, 0.4) is 0 Å². The lowest BCUT2D eigenvalue weighted by Gasteiger charge is -2.28. The number of hydrogen-bond acceptors (Lipinski definition) is 12. The molecule has 14 heteroatoms. The number of carbonyl (C=O) groups excluding carboxylic acids is 2. The Bertz CT molecular complexity index is 1290. The van der Waals surface area contributed by atoms with Gasteiger partial charge in [0.05, 0.1) is 32.8 Å². The van der Waals surface area contributed by atoms with Crippen molar-refractivity contribution in [1.29, 1.82) is 0 Å². The summed E-state index contributed by atoms with van der Waals surface area (Å²) in [5, 5.41) is 26.6. The highest BCUT2D eigenvalue weighted by atomic mass is 16.7. The van der Waals surface area contributed by atoms with Gasteiger partial charge in [0.15, 0.2) is 23.0 Å². The van der Waals surface area contributed by atoms with Crippen molar-refractivity contribution in [3.63, 3.8) is 0 Å². The zero-order valence-corrected chi connectivity index (χ0v) is 28.1. The summed E-state index contributed by atoms with van der Waals surface area (Å²) in [6.45, 7) is 6.81. The number of phenolic OH excluding ortho intramolecular Hbond substituents is 1. The molecule has 4 rings (SSSR count). The number of methoxy groups -OCH3 is 2. The number of carbonyl (C=O) groups is 2. The number of benzene rings is 2. The molecule has 2 aromatic rings. The minimum Gasteiger partial charge on any atom is -0.502 e. The molecular formula is C34H52N6O8. The zero-order chi connectivity index (χ0) is 34.1. The van der Waals surface area contributed by atoms with E-state index in [1.54, 1.807) is 18.2 Å². The van der Waals surface area contributed by atoms with Crippen LogP contribution in [0.15, 0.2) is 30.3 Å². The fraction of sp³-hybridized carbons (Fsp3) is 0.588. The minimum atomic E-state index is -0.590. The lowest BCUT2D eigenvalue weighted by Crippen LogP contribution is -2.44. The summed E-state index contributed by atoms with van der Waals surface area (Å²) in [6, 6.07) is 7.90. The average molecular weight is 673 g/mol. The van der Waals surface area contributed by atoms with E-state index < -0.39 is 17.9 Å². The quantitative estimate of drug-likeness (QED) is 0.0712. The summed E-state index contributed by atoms with van der Waals surface area (Å²) in [5.41, 5.74) is 6.98. The van der Waals surface area contributed by atoms with Gasteiger partial charge in [0.2, 0.25) is 12.5 Å². The molecule has 0 aromatic heterocycles.